The van der Waals surface area contributed by atoms with Crippen molar-refractivity contribution in [1.82, 2.24) is 0 Å². The first-order valence-corrected chi connectivity index (χ1v) is 9.30. The van der Waals surface area contributed by atoms with Gasteiger partial charge in [-0.3, -0.25) is 0 Å². The van der Waals surface area contributed by atoms with E-state index in [1.165, 1.54) is 0 Å². The number of hydrogen-bond donors (Lipinski definition) is 0. The summed E-state index contributed by atoms with van der Waals surface area (Å²) in [6.07, 6.45) is 0. The summed E-state index contributed by atoms with van der Waals surface area (Å²) < 4.78 is 33.1. The maximum atomic E-state index is 11.4. The molecule has 0 saturated carbocycles. The van der Waals surface area contributed by atoms with Crippen LogP contribution in [0.25, 0.3) is 0 Å². The van der Waals surface area contributed by atoms with Crippen LogP contribution in [-0.2, 0) is 24.8 Å². The van der Waals surface area contributed by atoms with Crippen molar-refractivity contribution in [1.29, 1.82) is 0 Å². The molecular weight excluding hydrogens is 388 g/mol. The molecule has 0 spiro atoms. The molecule has 0 aliphatic rings. The Labute approximate surface area is 177 Å². The third-order valence-electron chi connectivity index (χ3n) is 4.51. The average Bonchev–Trinajstić information content (AvgIpc) is 2.78. The van der Waals surface area contributed by atoms with E-state index in [2.05, 4.69) is 6.58 Å². The highest BCUT2D eigenvalue weighted by Gasteiger charge is 2.37. The molecule has 0 aliphatic heterocycles. The van der Waals surface area contributed by atoms with Crippen LogP contribution < -0.4 is 14.2 Å². The van der Waals surface area contributed by atoms with Crippen molar-refractivity contribution in [3.8, 4) is 17.2 Å². The van der Waals surface area contributed by atoms with Gasteiger partial charge in [-0.25, -0.2) is 4.79 Å². The summed E-state index contributed by atoms with van der Waals surface area (Å²) in [7, 11) is 6.29. The summed E-state index contributed by atoms with van der Waals surface area (Å²) in [6, 6.07) is 12.7. The topological polar surface area (TPSA) is 72.5 Å². The fourth-order valence-corrected chi connectivity index (χ4v) is 2.95. The number of rotatable bonds is 11. The largest absolute Gasteiger partial charge is 0.497 e. The lowest BCUT2D eigenvalue weighted by Gasteiger charge is -2.33. The molecular formula is C23H28O7. The van der Waals surface area contributed by atoms with Gasteiger partial charge < -0.3 is 28.4 Å². The number of carbonyl (C=O) groups is 1. The van der Waals surface area contributed by atoms with Crippen molar-refractivity contribution in [3.05, 3.63) is 65.7 Å². The van der Waals surface area contributed by atoms with Gasteiger partial charge >= 0.3 is 5.97 Å². The molecule has 0 heterocycles. The van der Waals surface area contributed by atoms with Gasteiger partial charge in [0, 0.05) is 31.4 Å². The highest BCUT2D eigenvalue weighted by atomic mass is 16.7. The third-order valence-corrected chi connectivity index (χ3v) is 4.51. The number of ether oxygens (including phenoxy) is 6. The summed E-state index contributed by atoms with van der Waals surface area (Å²) in [4.78, 5) is 11.4. The third kappa shape index (κ3) is 5.11. The van der Waals surface area contributed by atoms with Crippen LogP contribution in [0.3, 0.4) is 0 Å². The standard InChI is InChI=1S/C23H28O7/c1-16(2)22(24)30-14-13-29-18-9-7-17(8-10-18)23(27-5,28-6)20-12-11-19(25-3)15-21(20)26-4/h7-12,15H,1,13-14H2,2-6H3. The lowest BCUT2D eigenvalue weighted by Crippen LogP contribution is -2.32. The van der Waals surface area contributed by atoms with Crippen LogP contribution in [0.4, 0.5) is 0 Å². The summed E-state index contributed by atoms with van der Waals surface area (Å²) in [5.41, 5.74) is 1.79. The van der Waals surface area contributed by atoms with E-state index in [9.17, 15) is 4.79 Å². The second kappa shape index (κ2) is 10.7. The van der Waals surface area contributed by atoms with Gasteiger partial charge in [0.15, 0.2) is 0 Å². The monoisotopic (exact) mass is 416 g/mol. The molecule has 0 bridgehead atoms. The molecule has 7 heteroatoms. The van der Waals surface area contributed by atoms with Crippen molar-refractivity contribution in [2.75, 3.05) is 41.7 Å². The molecule has 2 aromatic rings. The first kappa shape index (κ1) is 23.3. The molecule has 7 nitrogen and oxygen atoms in total. The number of hydrogen-bond acceptors (Lipinski definition) is 7. The van der Waals surface area contributed by atoms with Crippen LogP contribution in [0, 0.1) is 0 Å². The molecule has 162 valence electrons. The van der Waals surface area contributed by atoms with Gasteiger partial charge in [0.05, 0.1) is 19.8 Å². The van der Waals surface area contributed by atoms with Crippen molar-refractivity contribution in [2.24, 2.45) is 0 Å². The van der Waals surface area contributed by atoms with E-state index >= 15 is 0 Å². The lowest BCUT2D eigenvalue weighted by atomic mass is 9.95. The van der Waals surface area contributed by atoms with Crippen LogP contribution in [0.15, 0.2) is 54.6 Å². The smallest absolute Gasteiger partial charge is 0.333 e. The summed E-state index contributed by atoms with van der Waals surface area (Å²) >= 11 is 0. The first-order chi connectivity index (χ1) is 14.4. The van der Waals surface area contributed by atoms with Gasteiger partial charge in [0.1, 0.15) is 30.5 Å². The zero-order valence-electron chi connectivity index (χ0n) is 18.0. The van der Waals surface area contributed by atoms with E-state index in [-0.39, 0.29) is 13.2 Å². The number of benzene rings is 2. The van der Waals surface area contributed by atoms with E-state index in [1.807, 2.05) is 24.3 Å². The van der Waals surface area contributed by atoms with Crippen LogP contribution in [0.2, 0.25) is 0 Å². The Morgan fingerprint density at radius 2 is 1.53 bits per heavy atom. The molecule has 0 atom stereocenters. The van der Waals surface area contributed by atoms with Gasteiger partial charge in [-0.15, -0.1) is 0 Å². The Bertz CT molecular complexity index is 854. The Balaban J connectivity index is 2.20. The molecule has 2 rings (SSSR count). The Morgan fingerprint density at radius 3 is 2.07 bits per heavy atom. The van der Waals surface area contributed by atoms with Crippen LogP contribution in [-0.4, -0.2) is 47.6 Å². The normalized spacial score (nSPS) is 11.0. The molecule has 0 radical (unpaired) electrons. The molecule has 0 aromatic heterocycles. The number of carbonyl (C=O) groups excluding carboxylic acids is 1. The van der Waals surface area contributed by atoms with E-state index in [1.54, 1.807) is 53.6 Å². The summed E-state index contributed by atoms with van der Waals surface area (Å²) in [5, 5.41) is 0. The van der Waals surface area contributed by atoms with Gasteiger partial charge in [-0.1, -0.05) is 6.58 Å². The Morgan fingerprint density at radius 1 is 0.900 bits per heavy atom. The molecule has 0 saturated heterocycles. The Kier molecular flexibility index (Phi) is 8.26. The quantitative estimate of drug-likeness (QED) is 0.239. The van der Waals surface area contributed by atoms with Gasteiger partial charge in [-0.2, -0.15) is 0 Å². The molecule has 2 aromatic carbocycles. The van der Waals surface area contributed by atoms with E-state index < -0.39 is 11.8 Å². The van der Waals surface area contributed by atoms with Crippen molar-refractivity contribution in [2.45, 2.75) is 12.7 Å². The zero-order valence-corrected chi connectivity index (χ0v) is 18.0. The van der Waals surface area contributed by atoms with Gasteiger partial charge in [0.25, 0.3) is 0 Å². The minimum Gasteiger partial charge on any atom is -0.497 e. The predicted molar refractivity (Wildman–Crippen MR) is 112 cm³/mol. The highest BCUT2D eigenvalue weighted by Crippen LogP contribution is 2.41. The average molecular weight is 416 g/mol. The summed E-state index contributed by atoms with van der Waals surface area (Å²) in [5.74, 6) is 0.221. The number of methoxy groups -OCH3 is 4. The van der Waals surface area contributed by atoms with Crippen LogP contribution in [0.1, 0.15) is 18.1 Å². The maximum Gasteiger partial charge on any atom is 0.333 e. The maximum absolute atomic E-state index is 11.4. The molecule has 0 aliphatic carbocycles. The summed E-state index contributed by atoms with van der Waals surface area (Å²) in [6.45, 7) is 5.49. The Hall–Kier alpha value is -3.03. The zero-order chi connectivity index (χ0) is 22.1. The van der Waals surface area contributed by atoms with Gasteiger partial charge in [0.2, 0.25) is 5.79 Å². The molecule has 30 heavy (non-hydrogen) atoms. The van der Waals surface area contributed by atoms with Crippen molar-refractivity contribution in [3.63, 3.8) is 0 Å². The van der Waals surface area contributed by atoms with E-state index in [0.29, 0.717) is 28.4 Å². The lowest BCUT2D eigenvalue weighted by molar-refractivity contribution is -0.184. The fourth-order valence-electron chi connectivity index (χ4n) is 2.95. The van der Waals surface area contributed by atoms with Crippen molar-refractivity contribution >= 4 is 5.97 Å². The molecule has 0 fully saturated rings. The first-order valence-electron chi connectivity index (χ1n) is 9.30. The van der Waals surface area contributed by atoms with Crippen LogP contribution >= 0.6 is 0 Å². The van der Waals surface area contributed by atoms with E-state index in [0.717, 1.165) is 5.56 Å². The minimum atomic E-state index is -1.19. The molecule has 0 amide bonds. The van der Waals surface area contributed by atoms with E-state index in [4.69, 9.17) is 28.4 Å². The second-order valence-corrected chi connectivity index (χ2v) is 6.38. The highest BCUT2D eigenvalue weighted by molar-refractivity contribution is 5.86. The molecule has 0 N–H and O–H groups in total. The SMILES string of the molecule is C=C(C)C(=O)OCCOc1ccc(C(OC)(OC)c2ccc(OC)cc2OC)cc1. The van der Waals surface area contributed by atoms with Gasteiger partial charge in [-0.05, 0) is 43.3 Å². The molecule has 0 unspecified atom stereocenters. The fraction of sp³-hybridized carbons (Fsp3) is 0.348. The number of esters is 1. The second-order valence-electron chi connectivity index (χ2n) is 6.38. The van der Waals surface area contributed by atoms with Crippen molar-refractivity contribution < 1.29 is 33.2 Å². The van der Waals surface area contributed by atoms with Crippen LogP contribution in [0.5, 0.6) is 17.2 Å². The predicted octanol–water partition coefficient (Wildman–Crippen LogP) is 3.70. The minimum absolute atomic E-state index is 0.135.